The Kier molecular flexibility index (Phi) is 5.10. The van der Waals surface area contributed by atoms with Crippen LogP contribution in [0.15, 0.2) is 60.7 Å². The van der Waals surface area contributed by atoms with Crippen LogP contribution in [0.2, 0.25) is 0 Å². The minimum Gasteiger partial charge on any atom is -0.505 e. The summed E-state index contributed by atoms with van der Waals surface area (Å²) in [4.78, 5) is 24.3. The number of fused-ring (bicyclic) bond motifs is 3. The fourth-order valence-electron chi connectivity index (χ4n) is 3.69. The third kappa shape index (κ3) is 3.45. The predicted octanol–water partition coefficient (Wildman–Crippen LogP) is 4.68. The van der Waals surface area contributed by atoms with E-state index in [1.165, 1.54) is 0 Å². The maximum Gasteiger partial charge on any atom is 0.411 e. The summed E-state index contributed by atoms with van der Waals surface area (Å²) in [6.45, 7) is 0.0635. The van der Waals surface area contributed by atoms with Crippen molar-refractivity contribution in [3.05, 3.63) is 83.2 Å². The lowest BCUT2D eigenvalue weighted by atomic mass is 9.98. The molecule has 0 heterocycles. The first-order chi connectivity index (χ1) is 14.5. The van der Waals surface area contributed by atoms with E-state index in [1.54, 1.807) is 0 Å². The van der Waals surface area contributed by atoms with Crippen LogP contribution in [-0.4, -0.2) is 30.9 Å². The van der Waals surface area contributed by atoms with E-state index in [2.05, 4.69) is 10.1 Å². The number of aromatic hydroxyl groups is 1. The molecule has 2 N–H and O–H groups in total. The molecule has 3 aromatic rings. The van der Waals surface area contributed by atoms with Gasteiger partial charge < -0.3 is 14.6 Å². The highest BCUT2D eigenvalue weighted by Gasteiger charge is 2.29. The number of hydrogen-bond acceptors (Lipinski definition) is 5. The van der Waals surface area contributed by atoms with Crippen LogP contribution in [-0.2, 0) is 9.47 Å². The second-order valence-corrected chi connectivity index (χ2v) is 6.79. The molecule has 0 unspecified atom stereocenters. The SMILES string of the molecule is COC(=O)c1cc(O)c(F)cc1NC(=O)OCC1c2ccccc2-c2ccccc21. The summed E-state index contributed by atoms with van der Waals surface area (Å²) in [6.07, 6.45) is -0.855. The molecule has 0 saturated heterocycles. The molecule has 4 rings (SSSR count). The van der Waals surface area contributed by atoms with Gasteiger partial charge in [-0.1, -0.05) is 48.5 Å². The largest absolute Gasteiger partial charge is 0.505 e. The van der Waals surface area contributed by atoms with E-state index in [1.807, 2.05) is 48.5 Å². The van der Waals surface area contributed by atoms with Gasteiger partial charge in [0.05, 0.1) is 18.4 Å². The van der Waals surface area contributed by atoms with E-state index in [-0.39, 0.29) is 23.8 Å². The molecule has 0 aromatic heterocycles. The van der Waals surface area contributed by atoms with E-state index >= 15 is 0 Å². The van der Waals surface area contributed by atoms with Crippen molar-refractivity contribution < 1.29 is 28.6 Å². The van der Waals surface area contributed by atoms with Crippen LogP contribution in [0.1, 0.15) is 27.4 Å². The van der Waals surface area contributed by atoms with Gasteiger partial charge in [-0.05, 0) is 28.3 Å². The number of rotatable bonds is 4. The molecule has 0 atom stereocenters. The van der Waals surface area contributed by atoms with Crippen molar-refractivity contribution in [2.45, 2.75) is 5.92 Å². The Bertz CT molecular complexity index is 1100. The molecule has 3 aromatic carbocycles. The molecule has 6 nitrogen and oxygen atoms in total. The quantitative estimate of drug-likeness (QED) is 0.485. The number of benzene rings is 3. The van der Waals surface area contributed by atoms with Gasteiger partial charge in [0, 0.05) is 12.0 Å². The molecule has 1 aliphatic carbocycles. The summed E-state index contributed by atoms with van der Waals surface area (Å²) in [6, 6.07) is 17.5. The predicted molar refractivity (Wildman–Crippen MR) is 108 cm³/mol. The summed E-state index contributed by atoms with van der Waals surface area (Å²) in [7, 11) is 1.14. The monoisotopic (exact) mass is 407 g/mol. The molecule has 7 heteroatoms. The second kappa shape index (κ2) is 7.87. The molecule has 0 saturated carbocycles. The van der Waals surface area contributed by atoms with Gasteiger partial charge >= 0.3 is 12.1 Å². The van der Waals surface area contributed by atoms with Crippen LogP contribution >= 0.6 is 0 Å². The van der Waals surface area contributed by atoms with Crippen molar-refractivity contribution >= 4 is 17.7 Å². The highest BCUT2D eigenvalue weighted by molar-refractivity contribution is 6.00. The number of ether oxygens (including phenoxy) is 2. The van der Waals surface area contributed by atoms with Gasteiger partial charge in [-0.15, -0.1) is 0 Å². The number of carbonyl (C=O) groups excluding carboxylic acids is 2. The number of nitrogens with one attached hydrogen (secondary N) is 1. The zero-order chi connectivity index (χ0) is 21.3. The zero-order valence-electron chi connectivity index (χ0n) is 16.0. The first-order valence-electron chi connectivity index (χ1n) is 9.22. The average molecular weight is 407 g/mol. The number of anilines is 1. The maximum atomic E-state index is 13.7. The Balaban J connectivity index is 1.53. The van der Waals surface area contributed by atoms with Gasteiger partial charge in [-0.2, -0.15) is 0 Å². The first-order valence-corrected chi connectivity index (χ1v) is 9.22. The normalized spacial score (nSPS) is 12.1. The molecule has 30 heavy (non-hydrogen) atoms. The van der Waals surface area contributed by atoms with Crippen molar-refractivity contribution in [1.29, 1.82) is 0 Å². The highest BCUT2D eigenvalue weighted by Crippen LogP contribution is 2.44. The summed E-state index contributed by atoms with van der Waals surface area (Å²) >= 11 is 0. The standard InChI is InChI=1S/C23H18FNO5/c1-29-22(27)17-10-21(26)19(24)11-20(17)25-23(28)30-12-18-15-8-4-2-6-13(15)14-7-3-5-9-16(14)18/h2-11,18,26H,12H2,1H3,(H,25,28). The van der Waals surface area contributed by atoms with Crippen molar-refractivity contribution in [2.24, 2.45) is 0 Å². The number of phenolic OH excluding ortho intramolecular Hbond substituents is 1. The first kappa shape index (κ1) is 19.4. The van der Waals surface area contributed by atoms with Crippen LogP contribution in [0.25, 0.3) is 11.1 Å². The van der Waals surface area contributed by atoms with E-state index in [0.29, 0.717) is 0 Å². The van der Waals surface area contributed by atoms with Crippen molar-refractivity contribution in [2.75, 3.05) is 19.0 Å². The third-order valence-electron chi connectivity index (χ3n) is 5.07. The molecule has 0 aliphatic heterocycles. The maximum absolute atomic E-state index is 13.7. The molecule has 0 fully saturated rings. The highest BCUT2D eigenvalue weighted by atomic mass is 19.1. The summed E-state index contributed by atoms with van der Waals surface area (Å²) in [5.74, 6) is -2.69. The van der Waals surface area contributed by atoms with Crippen LogP contribution in [0, 0.1) is 5.82 Å². The number of methoxy groups -OCH3 is 1. The van der Waals surface area contributed by atoms with E-state index in [4.69, 9.17) is 4.74 Å². The summed E-state index contributed by atoms with van der Waals surface area (Å²) < 4.78 is 23.7. The fourth-order valence-corrected chi connectivity index (χ4v) is 3.69. The molecule has 0 spiro atoms. The molecular formula is C23H18FNO5. The minimum atomic E-state index is -0.989. The lowest BCUT2D eigenvalue weighted by molar-refractivity contribution is 0.0601. The van der Waals surface area contributed by atoms with E-state index < -0.39 is 23.6 Å². The Labute approximate surface area is 171 Å². The summed E-state index contributed by atoms with van der Waals surface area (Å²) in [5.41, 5.74) is 3.94. The number of carbonyl (C=O) groups is 2. The van der Waals surface area contributed by atoms with Gasteiger partial charge in [-0.3, -0.25) is 5.32 Å². The van der Waals surface area contributed by atoms with E-state index in [9.17, 15) is 19.1 Å². The fraction of sp³-hybridized carbons (Fsp3) is 0.130. The van der Waals surface area contributed by atoms with Crippen molar-refractivity contribution in [3.8, 4) is 16.9 Å². The second-order valence-electron chi connectivity index (χ2n) is 6.79. The van der Waals surface area contributed by atoms with Crippen molar-refractivity contribution in [1.82, 2.24) is 0 Å². The van der Waals surface area contributed by atoms with Gasteiger partial charge in [0.1, 0.15) is 6.61 Å². The average Bonchev–Trinajstić information content (AvgIpc) is 3.08. The van der Waals surface area contributed by atoms with Gasteiger partial charge in [0.2, 0.25) is 0 Å². The van der Waals surface area contributed by atoms with Crippen LogP contribution < -0.4 is 5.32 Å². The van der Waals surface area contributed by atoms with Gasteiger partial charge in [0.25, 0.3) is 0 Å². The van der Waals surface area contributed by atoms with Crippen LogP contribution in [0.3, 0.4) is 0 Å². The van der Waals surface area contributed by atoms with Gasteiger partial charge in [-0.25, -0.2) is 14.0 Å². The Hall–Kier alpha value is -3.87. The molecule has 0 radical (unpaired) electrons. The lowest BCUT2D eigenvalue weighted by Gasteiger charge is -2.15. The smallest absolute Gasteiger partial charge is 0.411 e. The van der Waals surface area contributed by atoms with Crippen LogP contribution in [0.4, 0.5) is 14.9 Å². The number of esters is 1. The van der Waals surface area contributed by atoms with Gasteiger partial charge in [0.15, 0.2) is 11.6 Å². The Morgan fingerprint density at radius 1 is 1.03 bits per heavy atom. The van der Waals surface area contributed by atoms with Crippen molar-refractivity contribution in [3.63, 3.8) is 0 Å². The van der Waals surface area contributed by atoms with Crippen LogP contribution in [0.5, 0.6) is 5.75 Å². The minimum absolute atomic E-state index is 0.0635. The molecule has 152 valence electrons. The number of halogens is 1. The molecule has 1 aliphatic rings. The molecule has 1 amide bonds. The summed E-state index contributed by atoms with van der Waals surface area (Å²) in [5, 5.41) is 11.9. The zero-order valence-corrected chi connectivity index (χ0v) is 16.0. The van der Waals surface area contributed by atoms with E-state index in [0.717, 1.165) is 41.5 Å². The molecular weight excluding hydrogens is 389 g/mol. The Morgan fingerprint density at radius 3 is 2.23 bits per heavy atom. The number of hydrogen-bond donors (Lipinski definition) is 2. The lowest BCUT2D eigenvalue weighted by Crippen LogP contribution is -2.19. The Morgan fingerprint density at radius 2 is 1.63 bits per heavy atom. The third-order valence-corrected chi connectivity index (χ3v) is 5.07. The molecule has 0 bridgehead atoms. The topological polar surface area (TPSA) is 84.9 Å². The number of phenols is 1. The number of amides is 1.